The summed E-state index contributed by atoms with van der Waals surface area (Å²) in [5.74, 6) is 6.63. The molecule has 0 aromatic carbocycles. The molecule has 0 saturated carbocycles. The molecule has 0 aliphatic carbocycles. The van der Waals surface area contributed by atoms with E-state index in [1.807, 2.05) is 17.8 Å². The maximum atomic E-state index is 5.99. The Kier molecular flexibility index (Phi) is 3.34. The highest BCUT2D eigenvalue weighted by atomic mass is 16.5. The van der Waals surface area contributed by atoms with Crippen LogP contribution in [0.15, 0.2) is 12.4 Å². The lowest BCUT2D eigenvalue weighted by atomic mass is 10.1. The van der Waals surface area contributed by atoms with Gasteiger partial charge in [0.25, 0.3) is 0 Å². The van der Waals surface area contributed by atoms with Crippen LogP contribution in [0.4, 0.5) is 0 Å². The van der Waals surface area contributed by atoms with Gasteiger partial charge in [0.15, 0.2) is 0 Å². The standard InChI is InChI=1S/C12H21N5O/c1-16-6-4-14-12(16)11(15-13)10-7-17-5-2-3-9(17)8-18-10/h4,6,9-11,15H,2-3,5,7-8,13H2,1H3. The van der Waals surface area contributed by atoms with Crippen LogP contribution in [0.5, 0.6) is 0 Å². The zero-order valence-electron chi connectivity index (χ0n) is 10.7. The molecule has 6 nitrogen and oxygen atoms in total. The Morgan fingerprint density at radius 3 is 3.22 bits per heavy atom. The average Bonchev–Trinajstić information content (AvgIpc) is 2.99. The number of ether oxygens (including phenoxy) is 1. The van der Waals surface area contributed by atoms with E-state index in [9.17, 15) is 0 Å². The van der Waals surface area contributed by atoms with E-state index >= 15 is 0 Å². The molecule has 0 radical (unpaired) electrons. The second kappa shape index (κ2) is 4.97. The molecule has 1 aromatic rings. The van der Waals surface area contributed by atoms with E-state index in [0.717, 1.165) is 19.0 Å². The Hall–Kier alpha value is -0.950. The summed E-state index contributed by atoms with van der Waals surface area (Å²) in [5.41, 5.74) is 2.86. The summed E-state index contributed by atoms with van der Waals surface area (Å²) in [5, 5.41) is 0. The van der Waals surface area contributed by atoms with Crippen molar-refractivity contribution in [1.82, 2.24) is 19.9 Å². The second-order valence-electron chi connectivity index (χ2n) is 5.20. The summed E-state index contributed by atoms with van der Waals surface area (Å²) < 4.78 is 7.98. The minimum Gasteiger partial charge on any atom is -0.373 e. The van der Waals surface area contributed by atoms with Gasteiger partial charge in [-0.1, -0.05) is 0 Å². The molecular formula is C12H21N5O. The number of hydrogen-bond donors (Lipinski definition) is 2. The largest absolute Gasteiger partial charge is 0.373 e. The number of fused-ring (bicyclic) bond motifs is 1. The lowest BCUT2D eigenvalue weighted by Gasteiger charge is -2.38. The van der Waals surface area contributed by atoms with Crippen molar-refractivity contribution in [3.05, 3.63) is 18.2 Å². The Labute approximate surface area is 107 Å². The number of aryl methyl sites for hydroxylation is 1. The number of aromatic nitrogens is 2. The van der Waals surface area contributed by atoms with Crippen LogP contribution in [0.3, 0.4) is 0 Å². The molecule has 3 unspecified atom stereocenters. The number of hydrogen-bond acceptors (Lipinski definition) is 5. The lowest BCUT2D eigenvalue weighted by molar-refractivity contribution is -0.0669. The monoisotopic (exact) mass is 251 g/mol. The van der Waals surface area contributed by atoms with E-state index < -0.39 is 0 Å². The number of hydrazine groups is 1. The van der Waals surface area contributed by atoms with Crippen molar-refractivity contribution >= 4 is 0 Å². The van der Waals surface area contributed by atoms with Gasteiger partial charge in [-0.3, -0.25) is 10.7 Å². The van der Waals surface area contributed by atoms with Crippen molar-refractivity contribution in [3.63, 3.8) is 0 Å². The van der Waals surface area contributed by atoms with Gasteiger partial charge in [0, 0.05) is 32.0 Å². The lowest BCUT2D eigenvalue weighted by Crippen LogP contribution is -2.52. The fourth-order valence-electron chi connectivity index (χ4n) is 3.07. The van der Waals surface area contributed by atoms with Gasteiger partial charge >= 0.3 is 0 Å². The maximum absolute atomic E-state index is 5.99. The minimum absolute atomic E-state index is 0.0495. The Bertz CT molecular complexity index is 407. The van der Waals surface area contributed by atoms with E-state index in [1.165, 1.54) is 19.4 Å². The SMILES string of the molecule is Cn1ccnc1C(NN)C1CN2CCCC2CO1. The minimum atomic E-state index is -0.0495. The predicted molar refractivity (Wildman–Crippen MR) is 67.6 cm³/mol. The van der Waals surface area contributed by atoms with Gasteiger partial charge in [-0.15, -0.1) is 0 Å². The van der Waals surface area contributed by atoms with Crippen LogP contribution in [0.25, 0.3) is 0 Å². The summed E-state index contributed by atoms with van der Waals surface area (Å²) in [6, 6.07) is 0.563. The summed E-state index contributed by atoms with van der Waals surface area (Å²) in [6.45, 7) is 2.93. The molecule has 2 saturated heterocycles. The molecule has 2 aliphatic rings. The van der Waals surface area contributed by atoms with Crippen molar-refractivity contribution in [2.75, 3.05) is 19.7 Å². The molecule has 3 rings (SSSR count). The predicted octanol–water partition coefficient (Wildman–Crippen LogP) is -0.212. The van der Waals surface area contributed by atoms with Crippen LogP contribution in [-0.2, 0) is 11.8 Å². The van der Waals surface area contributed by atoms with E-state index in [-0.39, 0.29) is 12.1 Å². The normalized spacial score (nSPS) is 30.3. The van der Waals surface area contributed by atoms with Crippen molar-refractivity contribution in [2.45, 2.75) is 31.0 Å². The van der Waals surface area contributed by atoms with Crippen LogP contribution in [0, 0.1) is 0 Å². The van der Waals surface area contributed by atoms with Gasteiger partial charge in [0.2, 0.25) is 0 Å². The molecule has 6 heteroatoms. The first-order valence-corrected chi connectivity index (χ1v) is 6.58. The third-order valence-electron chi connectivity index (χ3n) is 4.10. The molecule has 1 aromatic heterocycles. The van der Waals surface area contributed by atoms with Gasteiger partial charge < -0.3 is 9.30 Å². The van der Waals surface area contributed by atoms with Gasteiger partial charge in [0.1, 0.15) is 11.9 Å². The average molecular weight is 251 g/mol. The smallest absolute Gasteiger partial charge is 0.129 e. The first-order chi connectivity index (χ1) is 8.79. The topological polar surface area (TPSA) is 68.3 Å². The molecule has 100 valence electrons. The molecule has 3 N–H and O–H groups in total. The van der Waals surface area contributed by atoms with E-state index in [2.05, 4.69) is 15.3 Å². The summed E-state index contributed by atoms with van der Waals surface area (Å²) in [6.07, 6.45) is 6.34. The van der Waals surface area contributed by atoms with E-state index in [1.54, 1.807) is 6.20 Å². The summed E-state index contributed by atoms with van der Waals surface area (Å²) in [4.78, 5) is 6.88. The van der Waals surface area contributed by atoms with E-state index in [4.69, 9.17) is 10.6 Å². The Morgan fingerprint density at radius 2 is 2.50 bits per heavy atom. The van der Waals surface area contributed by atoms with Crippen molar-refractivity contribution in [1.29, 1.82) is 0 Å². The second-order valence-corrected chi connectivity index (χ2v) is 5.20. The zero-order valence-corrected chi connectivity index (χ0v) is 10.7. The summed E-state index contributed by atoms with van der Waals surface area (Å²) >= 11 is 0. The highest BCUT2D eigenvalue weighted by Gasteiger charge is 2.37. The number of imidazole rings is 1. The fraction of sp³-hybridized carbons (Fsp3) is 0.750. The third kappa shape index (κ3) is 2.05. The van der Waals surface area contributed by atoms with Crippen molar-refractivity contribution < 1.29 is 4.74 Å². The molecule has 3 atom stereocenters. The van der Waals surface area contributed by atoms with Crippen LogP contribution >= 0.6 is 0 Å². The van der Waals surface area contributed by atoms with Crippen LogP contribution < -0.4 is 11.3 Å². The van der Waals surface area contributed by atoms with Crippen LogP contribution in [0.2, 0.25) is 0 Å². The number of nitrogens with two attached hydrogens (primary N) is 1. The first-order valence-electron chi connectivity index (χ1n) is 6.58. The third-order valence-corrected chi connectivity index (χ3v) is 4.10. The molecule has 2 fully saturated rings. The molecule has 0 spiro atoms. The number of morpholine rings is 1. The van der Waals surface area contributed by atoms with Crippen LogP contribution in [-0.4, -0.2) is 46.3 Å². The first kappa shape index (κ1) is 12.1. The summed E-state index contributed by atoms with van der Waals surface area (Å²) in [7, 11) is 1.98. The quantitative estimate of drug-likeness (QED) is 0.574. The molecule has 0 amide bonds. The fourth-order valence-corrected chi connectivity index (χ4v) is 3.07. The Morgan fingerprint density at radius 1 is 1.61 bits per heavy atom. The van der Waals surface area contributed by atoms with Crippen LogP contribution in [0.1, 0.15) is 24.7 Å². The number of nitrogens with one attached hydrogen (secondary N) is 1. The molecular weight excluding hydrogens is 230 g/mol. The van der Waals surface area contributed by atoms with Gasteiger partial charge in [0.05, 0.1) is 12.7 Å². The number of nitrogens with zero attached hydrogens (tertiary/aromatic N) is 3. The maximum Gasteiger partial charge on any atom is 0.129 e. The number of rotatable bonds is 3. The van der Waals surface area contributed by atoms with Crippen molar-refractivity contribution in [3.8, 4) is 0 Å². The Balaban J connectivity index is 1.74. The van der Waals surface area contributed by atoms with Gasteiger partial charge in [-0.2, -0.15) is 0 Å². The molecule has 0 bridgehead atoms. The van der Waals surface area contributed by atoms with E-state index in [0.29, 0.717) is 6.04 Å². The van der Waals surface area contributed by atoms with Gasteiger partial charge in [-0.05, 0) is 19.4 Å². The zero-order chi connectivity index (χ0) is 12.5. The van der Waals surface area contributed by atoms with Crippen molar-refractivity contribution in [2.24, 2.45) is 12.9 Å². The van der Waals surface area contributed by atoms with Gasteiger partial charge in [-0.25, -0.2) is 10.4 Å². The molecule has 18 heavy (non-hydrogen) atoms. The highest BCUT2D eigenvalue weighted by Crippen LogP contribution is 2.27. The highest BCUT2D eigenvalue weighted by molar-refractivity contribution is 5.03. The molecule has 3 heterocycles. The molecule has 2 aliphatic heterocycles.